The summed E-state index contributed by atoms with van der Waals surface area (Å²) in [6.07, 6.45) is 2.97. The van der Waals surface area contributed by atoms with Crippen LogP contribution in [0.1, 0.15) is 46.6 Å². The summed E-state index contributed by atoms with van der Waals surface area (Å²) in [5, 5.41) is 11.0. The van der Waals surface area contributed by atoms with Crippen LogP contribution in [0.3, 0.4) is 0 Å². The Bertz CT molecular complexity index is 806. The Balaban J connectivity index is 1.35. The van der Waals surface area contributed by atoms with Crippen molar-refractivity contribution < 1.29 is 9.53 Å². The minimum atomic E-state index is -0.0349. The first-order chi connectivity index (χ1) is 13.0. The average Bonchev–Trinajstić information content (AvgIpc) is 3.18. The number of rotatable bonds is 4. The summed E-state index contributed by atoms with van der Waals surface area (Å²) in [4.78, 5) is 12.6. The topological polar surface area (TPSA) is 68.2 Å². The molecule has 6 heteroatoms. The van der Waals surface area contributed by atoms with Crippen molar-refractivity contribution in [3.8, 4) is 0 Å². The SMILES string of the molecule is Cc1cc(C)n(Cc2ccc(C(=O)N[C@@H]3COC4(CCNCC4)C3)cc2)n1. The molecule has 27 heavy (non-hydrogen) atoms. The lowest BCUT2D eigenvalue weighted by Gasteiger charge is -2.32. The fourth-order valence-corrected chi connectivity index (χ4v) is 4.21. The van der Waals surface area contributed by atoms with Crippen molar-refractivity contribution in [2.24, 2.45) is 0 Å². The molecule has 0 bridgehead atoms. The molecule has 3 heterocycles. The minimum absolute atomic E-state index is 0.0211. The first-order valence-electron chi connectivity index (χ1n) is 9.79. The molecule has 2 aliphatic rings. The predicted octanol–water partition coefficient (Wildman–Crippen LogP) is 2.19. The van der Waals surface area contributed by atoms with Gasteiger partial charge in [0.15, 0.2) is 0 Å². The van der Waals surface area contributed by atoms with E-state index in [4.69, 9.17) is 4.74 Å². The first kappa shape index (κ1) is 18.2. The van der Waals surface area contributed by atoms with Crippen LogP contribution in [0.15, 0.2) is 30.3 Å². The molecule has 0 radical (unpaired) electrons. The van der Waals surface area contributed by atoms with Crippen molar-refractivity contribution >= 4 is 5.91 Å². The standard InChI is InChI=1S/C21H28N4O2/c1-15-11-16(2)25(24-15)13-17-3-5-18(6-4-17)20(26)23-19-12-21(27-14-19)7-9-22-10-8-21/h3-6,11,19,22H,7-10,12-14H2,1-2H3,(H,23,26)/t19-/m0/s1. The Labute approximate surface area is 160 Å². The number of aromatic nitrogens is 2. The van der Waals surface area contributed by atoms with Crippen molar-refractivity contribution in [3.63, 3.8) is 0 Å². The number of aryl methyl sites for hydroxylation is 2. The van der Waals surface area contributed by atoms with Gasteiger partial charge in [-0.3, -0.25) is 9.48 Å². The molecule has 0 saturated carbocycles. The number of nitrogens with zero attached hydrogens (tertiary/aromatic N) is 2. The molecule has 2 aromatic rings. The van der Waals surface area contributed by atoms with Crippen molar-refractivity contribution in [2.75, 3.05) is 19.7 Å². The fraction of sp³-hybridized carbons (Fsp3) is 0.524. The van der Waals surface area contributed by atoms with E-state index in [-0.39, 0.29) is 17.6 Å². The zero-order valence-corrected chi connectivity index (χ0v) is 16.1. The molecule has 2 aliphatic heterocycles. The Morgan fingerprint density at radius 1 is 1.30 bits per heavy atom. The van der Waals surface area contributed by atoms with E-state index in [2.05, 4.69) is 28.7 Å². The van der Waals surface area contributed by atoms with E-state index < -0.39 is 0 Å². The number of carbonyl (C=O) groups is 1. The molecular formula is C21H28N4O2. The molecule has 2 saturated heterocycles. The van der Waals surface area contributed by atoms with E-state index in [0.717, 1.165) is 49.3 Å². The van der Waals surface area contributed by atoms with Crippen LogP contribution in [0.4, 0.5) is 0 Å². The lowest BCUT2D eigenvalue weighted by atomic mass is 9.88. The second kappa shape index (κ2) is 7.44. The quantitative estimate of drug-likeness (QED) is 0.868. The van der Waals surface area contributed by atoms with Gasteiger partial charge in [0.1, 0.15) is 0 Å². The highest BCUT2D eigenvalue weighted by Gasteiger charge is 2.41. The van der Waals surface area contributed by atoms with Crippen molar-refractivity contribution in [2.45, 2.75) is 51.3 Å². The fourth-order valence-electron chi connectivity index (χ4n) is 4.21. The van der Waals surface area contributed by atoms with Gasteiger partial charge in [0.25, 0.3) is 5.91 Å². The second-order valence-corrected chi connectivity index (χ2v) is 7.90. The van der Waals surface area contributed by atoms with Crippen molar-refractivity contribution in [3.05, 3.63) is 52.8 Å². The predicted molar refractivity (Wildman–Crippen MR) is 104 cm³/mol. The van der Waals surface area contributed by atoms with Gasteiger partial charge in [-0.2, -0.15) is 5.10 Å². The van der Waals surface area contributed by atoms with Gasteiger partial charge in [-0.25, -0.2) is 0 Å². The number of hydrogen-bond acceptors (Lipinski definition) is 4. The molecular weight excluding hydrogens is 340 g/mol. The Morgan fingerprint density at radius 2 is 2.04 bits per heavy atom. The summed E-state index contributed by atoms with van der Waals surface area (Å²) < 4.78 is 8.05. The Morgan fingerprint density at radius 3 is 2.70 bits per heavy atom. The molecule has 0 unspecified atom stereocenters. The largest absolute Gasteiger partial charge is 0.373 e. The van der Waals surface area contributed by atoms with Crippen LogP contribution in [0.25, 0.3) is 0 Å². The van der Waals surface area contributed by atoms with E-state index in [9.17, 15) is 4.79 Å². The summed E-state index contributed by atoms with van der Waals surface area (Å²) in [5.74, 6) is -0.0211. The van der Waals surface area contributed by atoms with Crippen LogP contribution in [-0.2, 0) is 11.3 Å². The molecule has 144 valence electrons. The maximum absolute atomic E-state index is 12.6. The third kappa shape index (κ3) is 4.06. The van der Waals surface area contributed by atoms with Gasteiger partial charge in [-0.05, 0) is 70.0 Å². The summed E-state index contributed by atoms with van der Waals surface area (Å²) >= 11 is 0. The lowest BCUT2D eigenvalue weighted by molar-refractivity contribution is -0.0194. The lowest BCUT2D eigenvalue weighted by Crippen LogP contribution is -2.43. The zero-order valence-electron chi connectivity index (χ0n) is 16.1. The Kier molecular flexibility index (Phi) is 5.02. The number of hydrogen-bond donors (Lipinski definition) is 2. The summed E-state index contributed by atoms with van der Waals surface area (Å²) in [6.45, 7) is 7.38. The highest BCUT2D eigenvalue weighted by atomic mass is 16.5. The van der Waals surface area contributed by atoms with Gasteiger partial charge in [0.05, 0.1) is 30.5 Å². The molecule has 2 fully saturated rings. The van der Waals surface area contributed by atoms with E-state index in [1.165, 1.54) is 0 Å². The van der Waals surface area contributed by atoms with Crippen LogP contribution in [-0.4, -0.2) is 47.0 Å². The maximum atomic E-state index is 12.6. The van der Waals surface area contributed by atoms with Crippen LogP contribution in [0.2, 0.25) is 0 Å². The van der Waals surface area contributed by atoms with Crippen molar-refractivity contribution in [1.29, 1.82) is 0 Å². The van der Waals surface area contributed by atoms with Crippen LogP contribution in [0.5, 0.6) is 0 Å². The summed E-state index contributed by atoms with van der Waals surface area (Å²) in [7, 11) is 0. The Hall–Kier alpha value is -2.18. The number of nitrogens with one attached hydrogen (secondary N) is 2. The van der Waals surface area contributed by atoms with Crippen LogP contribution < -0.4 is 10.6 Å². The molecule has 1 aromatic heterocycles. The van der Waals surface area contributed by atoms with Crippen LogP contribution in [0, 0.1) is 13.8 Å². The molecule has 1 aromatic carbocycles. The van der Waals surface area contributed by atoms with Gasteiger partial charge in [0.2, 0.25) is 0 Å². The van der Waals surface area contributed by atoms with E-state index in [1.54, 1.807) is 0 Å². The normalized spacial score (nSPS) is 21.5. The zero-order chi connectivity index (χ0) is 18.9. The van der Waals surface area contributed by atoms with Crippen molar-refractivity contribution in [1.82, 2.24) is 20.4 Å². The summed E-state index contributed by atoms with van der Waals surface area (Å²) in [5.41, 5.74) is 3.96. The van der Waals surface area contributed by atoms with Gasteiger partial charge < -0.3 is 15.4 Å². The highest BCUT2D eigenvalue weighted by Crippen LogP contribution is 2.34. The second-order valence-electron chi connectivity index (χ2n) is 7.90. The number of piperidine rings is 1. The molecule has 0 aliphatic carbocycles. The molecule has 1 atom stereocenters. The van der Waals surface area contributed by atoms with Crippen LogP contribution >= 0.6 is 0 Å². The van der Waals surface area contributed by atoms with Gasteiger partial charge in [-0.15, -0.1) is 0 Å². The molecule has 1 amide bonds. The number of benzene rings is 1. The third-order valence-electron chi connectivity index (χ3n) is 5.71. The highest BCUT2D eigenvalue weighted by molar-refractivity contribution is 5.94. The van der Waals surface area contributed by atoms with E-state index in [1.807, 2.05) is 35.9 Å². The third-order valence-corrected chi connectivity index (χ3v) is 5.71. The number of ether oxygens (including phenoxy) is 1. The van der Waals surface area contributed by atoms with Gasteiger partial charge in [0, 0.05) is 11.3 Å². The number of amides is 1. The number of carbonyl (C=O) groups excluding carboxylic acids is 1. The summed E-state index contributed by atoms with van der Waals surface area (Å²) in [6, 6.07) is 9.97. The maximum Gasteiger partial charge on any atom is 0.251 e. The minimum Gasteiger partial charge on any atom is -0.373 e. The molecule has 1 spiro atoms. The van der Waals surface area contributed by atoms with E-state index >= 15 is 0 Å². The smallest absolute Gasteiger partial charge is 0.251 e. The monoisotopic (exact) mass is 368 g/mol. The molecule has 4 rings (SSSR count). The van der Waals surface area contributed by atoms with E-state index in [0.29, 0.717) is 18.7 Å². The molecule has 2 N–H and O–H groups in total. The first-order valence-corrected chi connectivity index (χ1v) is 9.79. The molecule has 6 nitrogen and oxygen atoms in total. The van der Waals surface area contributed by atoms with Gasteiger partial charge >= 0.3 is 0 Å². The average molecular weight is 368 g/mol. The van der Waals surface area contributed by atoms with Gasteiger partial charge in [-0.1, -0.05) is 12.1 Å².